The van der Waals surface area contributed by atoms with Crippen molar-refractivity contribution >= 4 is 22.6 Å². The van der Waals surface area contributed by atoms with Crippen molar-refractivity contribution < 1.29 is 13.9 Å². The summed E-state index contributed by atoms with van der Waals surface area (Å²) in [5.41, 5.74) is 0.330. The molecule has 2 rings (SSSR count). The lowest BCUT2D eigenvalue weighted by Gasteiger charge is -1.99. The Balaban J connectivity index is 2.63. The molecule has 0 unspecified atom stereocenters. The Kier molecular flexibility index (Phi) is 2.76. The van der Waals surface area contributed by atoms with Gasteiger partial charge in [-0.05, 0) is 16.0 Å². The zero-order valence-corrected chi connectivity index (χ0v) is 10.0. The summed E-state index contributed by atoms with van der Waals surface area (Å²) in [6.07, 6.45) is 0. The Hall–Kier alpha value is -1.31. The standard InChI is InChI=1S/C9H7IN2O3/c1-14-7-5-3-2-4-6(7)12-8(10)9(13)15-11-12/h2-5H,1H3/p+1. The highest BCUT2D eigenvalue weighted by Gasteiger charge is 2.23. The summed E-state index contributed by atoms with van der Waals surface area (Å²) in [7, 11) is 1.57. The second-order valence-corrected chi connectivity index (χ2v) is 3.80. The normalized spacial score (nSPS) is 10.3. The van der Waals surface area contributed by atoms with E-state index in [2.05, 4.69) is 9.79 Å². The molecule has 6 heteroatoms. The van der Waals surface area contributed by atoms with Crippen LogP contribution in [0.25, 0.3) is 5.69 Å². The summed E-state index contributed by atoms with van der Waals surface area (Å²) in [5.74, 6) is 0.664. The van der Waals surface area contributed by atoms with E-state index in [0.717, 1.165) is 5.69 Å². The molecule has 2 aromatic rings. The number of nitrogens with one attached hydrogen (secondary N) is 1. The minimum atomic E-state index is -0.401. The van der Waals surface area contributed by atoms with Crippen LogP contribution in [0.5, 0.6) is 5.75 Å². The minimum absolute atomic E-state index is 0.401. The second kappa shape index (κ2) is 4.05. The number of aromatic nitrogens is 2. The fraction of sp³-hybridized carbons (Fsp3) is 0.111. The zero-order chi connectivity index (χ0) is 10.8. The summed E-state index contributed by atoms with van der Waals surface area (Å²) >= 11 is 1.91. The Bertz CT molecular complexity index is 532. The molecule has 1 heterocycles. The van der Waals surface area contributed by atoms with Crippen molar-refractivity contribution in [3.8, 4) is 11.4 Å². The first-order valence-corrected chi connectivity index (χ1v) is 5.24. The lowest BCUT2D eigenvalue weighted by atomic mass is 10.3. The zero-order valence-electron chi connectivity index (χ0n) is 7.86. The van der Waals surface area contributed by atoms with E-state index in [9.17, 15) is 4.79 Å². The number of rotatable bonds is 2. The van der Waals surface area contributed by atoms with Crippen molar-refractivity contribution in [2.75, 3.05) is 7.11 Å². The van der Waals surface area contributed by atoms with Gasteiger partial charge in [0.25, 0.3) is 5.69 Å². The Morgan fingerprint density at radius 1 is 1.47 bits per heavy atom. The summed E-state index contributed by atoms with van der Waals surface area (Å²) in [6, 6.07) is 7.34. The molecule has 0 fully saturated rings. The van der Waals surface area contributed by atoms with Gasteiger partial charge >= 0.3 is 9.33 Å². The van der Waals surface area contributed by atoms with Crippen molar-refractivity contribution in [2.45, 2.75) is 0 Å². The van der Waals surface area contributed by atoms with Gasteiger partial charge in [-0.1, -0.05) is 12.1 Å². The number of para-hydroxylation sites is 2. The predicted molar refractivity (Wildman–Crippen MR) is 60.1 cm³/mol. The molecule has 0 aliphatic rings. The first-order chi connectivity index (χ1) is 7.24. The fourth-order valence-electron chi connectivity index (χ4n) is 1.23. The third kappa shape index (κ3) is 1.76. The monoisotopic (exact) mass is 319 g/mol. The van der Waals surface area contributed by atoms with E-state index in [1.807, 2.05) is 46.9 Å². The van der Waals surface area contributed by atoms with Gasteiger partial charge in [-0.3, -0.25) is 4.52 Å². The maximum atomic E-state index is 11.1. The van der Waals surface area contributed by atoms with Crippen LogP contribution in [-0.2, 0) is 0 Å². The van der Waals surface area contributed by atoms with Gasteiger partial charge in [0.05, 0.1) is 7.11 Å². The number of halogens is 1. The van der Waals surface area contributed by atoms with Crippen molar-refractivity contribution in [2.24, 2.45) is 0 Å². The molecule has 1 aromatic heterocycles. The summed E-state index contributed by atoms with van der Waals surface area (Å²) in [6.45, 7) is 0. The van der Waals surface area contributed by atoms with E-state index in [0.29, 0.717) is 9.45 Å². The molecular weight excluding hydrogens is 311 g/mol. The maximum Gasteiger partial charge on any atom is 0.441 e. The summed E-state index contributed by atoms with van der Waals surface area (Å²) in [4.78, 5) is 11.1. The van der Waals surface area contributed by atoms with Gasteiger partial charge in [0.1, 0.15) is 0 Å². The van der Waals surface area contributed by atoms with Crippen LogP contribution >= 0.6 is 22.6 Å². The minimum Gasteiger partial charge on any atom is -0.490 e. The first-order valence-electron chi connectivity index (χ1n) is 4.16. The first kappa shape index (κ1) is 10.2. The van der Waals surface area contributed by atoms with E-state index in [4.69, 9.17) is 4.74 Å². The number of nitrogens with zero attached hydrogens (tertiary/aromatic N) is 1. The van der Waals surface area contributed by atoms with Gasteiger partial charge in [0, 0.05) is 28.7 Å². The highest BCUT2D eigenvalue weighted by Crippen LogP contribution is 2.16. The molecule has 15 heavy (non-hydrogen) atoms. The molecule has 0 spiro atoms. The molecular formula is C9H8IN2O3+. The van der Waals surface area contributed by atoms with Gasteiger partial charge in [0.2, 0.25) is 0 Å². The Labute approximate surface area is 98.8 Å². The van der Waals surface area contributed by atoms with Gasteiger partial charge in [-0.15, -0.1) is 0 Å². The van der Waals surface area contributed by atoms with E-state index >= 15 is 0 Å². The quantitative estimate of drug-likeness (QED) is 0.660. The number of methoxy groups -OCH3 is 1. The lowest BCUT2D eigenvalue weighted by molar-refractivity contribution is -0.682. The summed E-state index contributed by atoms with van der Waals surface area (Å²) in [5, 5.41) is 2.51. The average Bonchev–Trinajstić information content (AvgIpc) is 2.60. The smallest absolute Gasteiger partial charge is 0.441 e. The Morgan fingerprint density at radius 2 is 2.20 bits per heavy atom. The van der Waals surface area contributed by atoms with Crippen molar-refractivity contribution in [1.82, 2.24) is 5.27 Å². The maximum absolute atomic E-state index is 11.1. The predicted octanol–water partition coefficient (Wildman–Crippen LogP) is 0.858. The molecule has 0 atom stereocenters. The van der Waals surface area contributed by atoms with Gasteiger partial charge in [-0.2, -0.15) is 0 Å². The fourth-order valence-corrected chi connectivity index (χ4v) is 1.70. The number of hydrogen-bond acceptors (Lipinski definition) is 3. The van der Waals surface area contributed by atoms with Crippen LogP contribution in [0.2, 0.25) is 0 Å². The Morgan fingerprint density at radius 3 is 2.80 bits per heavy atom. The number of ether oxygens (including phenoxy) is 1. The molecule has 78 valence electrons. The summed E-state index contributed by atoms with van der Waals surface area (Å²) < 4.78 is 11.8. The van der Waals surface area contributed by atoms with E-state index in [-0.39, 0.29) is 0 Å². The molecule has 5 nitrogen and oxygen atoms in total. The van der Waals surface area contributed by atoms with Crippen LogP contribution in [0.3, 0.4) is 0 Å². The van der Waals surface area contributed by atoms with Crippen molar-refractivity contribution in [3.63, 3.8) is 0 Å². The van der Waals surface area contributed by atoms with Crippen LogP contribution in [0.15, 0.2) is 33.6 Å². The topological polar surface area (TPSA) is 59.1 Å². The molecule has 0 aliphatic carbocycles. The number of hydrogen-bond donors (Lipinski definition) is 1. The number of aromatic amines is 1. The largest absolute Gasteiger partial charge is 0.490 e. The number of H-pyrrole nitrogens is 1. The molecule has 0 saturated carbocycles. The highest BCUT2D eigenvalue weighted by atomic mass is 127. The van der Waals surface area contributed by atoms with E-state index in [1.165, 1.54) is 4.68 Å². The van der Waals surface area contributed by atoms with Crippen LogP contribution in [0.1, 0.15) is 0 Å². The SMILES string of the molecule is COc1ccccc1-[n+]1[nH]oc(=O)c1I. The van der Waals surface area contributed by atoms with Crippen LogP contribution in [0, 0.1) is 3.70 Å². The molecule has 0 bridgehead atoms. The van der Waals surface area contributed by atoms with Gasteiger partial charge in [-0.25, -0.2) is 4.79 Å². The second-order valence-electron chi connectivity index (χ2n) is 2.78. The van der Waals surface area contributed by atoms with Gasteiger partial charge < -0.3 is 4.74 Å². The van der Waals surface area contributed by atoms with Crippen molar-refractivity contribution in [3.05, 3.63) is 38.4 Å². The molecule has 1 aromatic carbocycles. The average molecular weight is 319 g/mol. The third-order valence-corrected chi connectivity index (χ3v) is 2.84. The molecule has 0 amide bonds. The highest BCUT2D eigenvalue weighted by molar-refractivity contribution is 14.1. The molecule has 0 radical (unpaired) electrons. The molecule has 0 aliphatic heterocycles. The third-order valence-electron chi connectivity index (χ3n) is 1.92. The van der Waals surface area contributed by atoms with E-state index < -0.39 is 5.63 Å². The number of benzene rings is 1. The van der Waals surface area contributed by atoms with Crippen LogP contribution < -0.4 is 15.0 Å². The van der Waals surface area contributed by atoms with Crippen molar-refractivity contribution in [1.29, 1.82) is 0 Å². The van der Waals surface area contributed by atoms with Crippen LogP contribution in [-0.4, -0.2) is 12.4 Å². The van der Waals surface area contributed by atoms with Crippen LogP contribution in [0.4, 0.5) is 0 Å². The molecule has 0 saturated heterocycles. The van der Waals surface area contributed by atoms with Gasteiger partial charge in [0.15, 0.2) is 5.75 Å². The molecule has 1 N–H and O–H groups in total. The van der Waals surface area contributed by atoms with E-state index in [1.54, 1.807) is 7.11 Å². The lowest BCUT2D eigenvalue weighted by Crippen LogP contribution is -2.37.